The number of allylic oxidation sites excluding steroid dienone is 3. The number of ketones is 1. The van der Waals surface area contributed by atoms with Crippen LogP contribution in [0, 0.1) is 23.7 Å². The molecule has 4 aliphatic heterocycles. The van der Waals surface area contributed by atoms with E-state index in [1.165, 1.54) is 0 Å². The van der Waals surface area contributed by atoms with E-state index < -0.39 is 60.1 Å². The third kappa shape index (κ3) is 8.69. The summed E-state index contributed by atoms with van der Waals surface area (Å²) in [7, 11) is 1.58. The summed E-state index contributed by atoms with van der Waals surface area (Å²) in [6.07, 6.45) is 12.1. The number of fused-ring (bicyclic) bond motifs is 3. The minimum absolute atomic E-state index is 0.0733. The second-order valence-electron chi connectivity index (χ2n) is 15.7. The Kier molecular flexibility index (Phi) is 12.7. The van der Waals surface area contributed by atoms with Gasteiger partial charge in [0.15, 0.2) is 17.9 Å². The van der Waals surface area contributed by atoms with Crippen LogP contribution in [-0.2, 0) is 38.0 Å². The van der Waals surface area contributed by atoms with Gasteiger partial charge in [-0.05, 0) is 62.8 Å². The summed E-state index contributed by atoms with van der Waals surface area (Å²) in [5, 5.41) is 22.7. The third-order valence-corrected chi connectivity index (χ3v) is 11.8. The molecule has 284 valence electrons. The number of ether oxygens (including phenoxy) is 6. The molecule has 0 saturated carbocycles. The number of esters is 1. The van der Waals surface area contributed by atoms with Crippen molar-refractivity contribution in [1.29, 1.82) is 0 Å². The number of Topliss-reactive ketones (excluding diaryl/α,β-unsaturated/α-hetero) is 1. The Hall–Kier alpha value is -2.44. The Bertz CT molecular complexity index is 1430. The zero-order valence-electron chi connectivity index (χ0n) is 31.9. The highest BCUT2D eigenvalue weighted by Crippen LogP contribution is 2.43. The molecule has 2 fully saturated rings. The average molecular weight is 713 g/mol. The van der Waals surface area contributed by atoms with Crippen molar-refractivity contribution >= 4 is 11.8 Å². The summed E-state index contributed by atoms with van der Waals surface area (Å²) in [6.45, 7) is 15.8. The molecule has 2 saturated heterocycles. The minimum Gasteiger partial charge on any atom is -0.462 e. The Labute approximate surface area is 303 Å². The standard InChI is InChI=1S/C41H60O10/c1-10-23(2)38-26(5)16-17-40(51-38)21-31-19-30(50-40)15-14-25(4)37(49-35-20-34(46-9)36(43)29(8)47-35)24(3)12-11-13-28(7)41(45)22-33(42)27(6)18-32(41)39(44)48-31/h11-14,16-18,23-24,26,29-32,34-38,43,45H,10,15,19-22H2,1-9H3/b12-11-,25-14-,28-13-. The molecule has 2 bridgehead atoms. The molecule has 5 aliphatic rings. The van der Waals surface area contributed by atoms with Gasteiger partial charge < -0.3 is 38.6 Å². The fraction of sp³-hybridized carbons (Fsp3) is 0.707. The summed E-state index contributed by atoms with van der Waals surface area (Å²) < 4.78 is 38.2. The predicted octanol–water partition coefficient (Wildman–Crippen LogP) is 6.06. The molecule has 0 amide bonds. The van der Waals surface area contributed by atoms with E-state index in [9.17, 15) is 19.8 Å². The lowest BCUT2D eigenvalue weighted by molar-refractivity contribution is -0.300. The molecule has 2 N–H and O–H groups in total. The van der Waals surface area contributed by atoms with Gasteiger partial charge in [0, 0.05) is 44.6 Å². The molecule has 14 unspecified atom stereocenters. The lowest BCUT2D eigenvalue weighted by Gasteiger charge is -2.48. The van der Waals surface area contributed by atoms with Crippen LogP contribution in [0.5, 0.6) is 0 Å². The van der Waals surface area contributed by atoms with Crippen molar-refractivity contribution in [1.82, 2.24) is 0 Å². The van der Waals surface area contributed by atoms with Gasteiger partial charge in [-0.1, -0.05) is 70.6 Å². The SMILES string of the molecule is CCC(C)C1OC2(C=CC1C)CC1CC(C/C=C(/C)C(OC3CC(OC)C(O)C(C)O3)C(C)/C=C\C=C(\C)C3(O)CC(=O)C(C)=CC3C(=O)O1)O2. The molecule has 5 rings (SSSR count). The fourth-order valence-corrected chi connectivity index (χ4v) is 8.19. The lowest BCUT2D eigenvalue weighted by atomic mass is 9.72. The largest absolute Gasteiger partial charge is 0.462 e. The molecule has 10 heteroatoms. The van der Waals surface area contributed by atoms with E-state index in [-0.39, 0.29) is 42.2 Å². The van der Waals surface area contributed by atoms with E-state index >= 15 is 0 Å². The number of rotatable bonds is 5. The molecule has 1 spiro atoms. The van der Waals surface area contributed by atoms with Crippen LogP contribution in [0.15, 0.2) is 59.3 Å². The average Bonchev–Trinajstić information content (AvgIpc) is 3.09. The van der Waals surface area contributed by atoms with Crippen LogP contribution in [0.25, 0.3) is 0 Å². The molecule has 0 radical (unpaired) electrons. The monoisotopic (exact) mass is 712 g/mol. The van der Waals surface area contributed by atoms with Gasteiger partial charge in [0.2, 0.25) is 0 Å². The highest BCUT2D eigenvalue weighted by molar-refractivity contribution is 5.99. The van der Waals surface area contributed by atoms with Crippen molar-refractivity contribution in [3.63, 3.8) is 0 Å². The summed E-state index contributed by atoms with van der Waals surface area (Å²) in [5.41, 5.74) is 0.124. The van der Waals surface area contributed by atoms with Gasteiger partial charge >= 0.3 is 5.97 Å². The first-order valence-electron chi connectivity index (χ1n) is 18.8. The van der Waals surface area contributed by atoms with Crippen molar-refractivity contribution in [2.24, 2.45) is 23.7 Å². The van der Waals surface area contributed by atoms with E-state index in [4.69, 9.17) is 28.4 Å². The smallest absolute Gasteiger partial charge is 0.316 e. The molecule has 0 aromatic rings. The van der Waals surface area contributed by atoms with E-state index in [1.54, 1.807) is 33.1 Å². The number of carbonyl (C=O) groups excluding carboxylic acids is 2. The number of methoxy groups -OCH3 is 1. The van der Waals surface area contributed by atoms with E-state index in [2.05, 4.69) is 32.9 Å². The summed E-state index contributed by atoms with van der Waals surface area (Å²) >= 11 is 0. The molecule has 10 nitrogen and oxygen atoms in total. The van der Waals surface area contributed by atoms with Gasteiger partial charge in [0.05, 0.1) is 30.5 Å². The molecular formula is C41H60O10. The molecule has 4 heterocycles. The van der Waals surface area contributed by atoms with Gasteiger partial charge in [-0.15, -0.1) is 0 Å². The quantitative estimate of drug-likeness (QED) is 0.256. The highest BCUT2D eigenvalue weighted by Gasteiger charge is 2.51. The van der Waals surface area contributed by atoms with Crippen LogP contribution < -0.4 is 0 Å². The number of aliphatic hydroxyl groups is 2. The van der Waals surface area contributed by atoms with Crippen molar-refractivity contribution in [3.05, 3.63) is 59.3 Å². The van der Waals surface area contributed by atoms with Gasteiger partial charge in [-0.2, -0.15) is 0 Å². The van der Waals surface area contributed by atoms with Crippen LogP contribution in [0.4, 0.5) is 0 Å². The van der Waals surface area contributed by atoms with Crippen LogP contribution in [0.2, 0.25) is 0 Å². The zero-order chi connectivity index (χ0) is 37.2. The Morgan fingerprint density at radius 1 is 1.04 bits per heavy atom. The Balaban J connectivity index is 1.54. The van der Waals surface area contributed by atoms with E-state index in [0.717, 1.165) is 12.0 Å². The van der Waals surface area contributed by atoms with Crippen LogP contribution in [0.3, 0.4) is 0 Å². The second-order valence-corrected chi connectivity index (χ2v) is 15.7. The molecule has 0 aromatic carbocycles. The van der Waals surface area contributed by atoms with Crippen molar-refractivity contribution in [2.45, 2.75) is 154 Å². The summed E-state index contributed by atoms with van der Waals surface area (Å²) in [6, 6.07) is 0. The second kappa shape index (κ2) is 16.3. The lowest BCUT2D eigenvalue weighted by Crippen LogP contribution is -2.54. The number of hydrogen-bond donors (Lipinski definition) is 2. The molecule has 1 aliphatic carbocycles. The van der Waals surface area contributed by atoms with Gasteiger partial charge in [0.25, 0.3) is 0 Å². The normalized spacial score (nSPS) is 45.8. The van der Waals surface area contributed by atoms with Crippen molar-refractivity contribution < 1.29 is 48.2 Å². The van der Waals surface area contributed by atoms with Crippen molar-refractivity contribution in [3.8, 4) is 0 Å². The first kappa shape index (κ1) is 39.8. The molecule has 51 heavy (non-hydrogen) atoms. The van der Waals surface area contributed by atoms with E-state index in [0.29, 0.717) is 36.8 Å². The van der Waals surface area contributed by atoms with Crippen LogP contribution in [-0.4, -0.2) is 89.5 Å². The molecular weight excluding hydrogens is 652 g/mol. The van der Waals surface area contributed by atoms with Gasteiger partial charge in [-0.3, -0.25) is 9.59 Å². The first-order valence-corrected chi connectivity index (χ1v) is 18.8. The van der Waals surface area contributed by atoms with E-state index in [1.807, 2.05) is 39.0 Å². The Morgan fingerprint density at radius 2 is 1.78 bits per heavy atom. The summed E-state index contributed by atoms with van der Waals surface area (Å²) in [5.74, 6) is -2.61. The summed E-state index contributed by atoms with van der Waals surface area (Å²) in [4.78, 5) is 27.0. The first-order chi connectivity index (χ1) is 24.1. The van der Waals surface area contributed by atoms with Crippen molar-refractivity contribution in [2.75, 3.05) is 7.11 Å². The predicted molar refractivity (Wildman–Crippen MR) is 192 cm³/mol. The molecule has 0 aromatic heterocycles. The maximum absolute atomic E-state index is 14.1. The zero-order valence-corrected chi connectivity index (χ0v) is 31.9. The maximum atomic E-state index is 14.1. The number of carbonyl (C=O) groups is 2. The minimum atomic E-state index is -1.76. The number of aliphatic hydroxyl groups excluding tert-OH is 1. The molecule has 14 atom stereocenters. The highest BCUT2D eigenvalue weighted by atomic mass is 16.7. The third-order valence-electron chi connectivity index (χ3n) is 11.8. The van der Waals surface area contributed by atoms with Crippen LogP contribution in [0.1, 0.15) is 93.9 Å². The maximum Gasteiger partial charge on any atom is 0.316 e. The Morgan fingerprint density at radius 3 is 2.49 bits per heavy atom. The fourth-order valence-electron chi connectivity index (χ4n) is 8.19. The van der Waals surface area contributed by atoms with Gasteiger partial charge in [-0.25, -0.2) is 0 Å². The number of hydrogen-bond acceptors (Lipinski definition) is 10. The topological polar surface area (TPSA) is 130 Å². The van der Waals surface area contributed by atoms with Gasteiger partial charge in [0.1, 0.15) is 23.7 Å². The van der Waals surface area contributed by atoms with Crippen LogP contribution >= 0.6 is 0 Å².